The number of methoxy groups -OCH3 is 1. The van der Waals surface area contributed by atoms with E-state index in [2.05, 4.69) is 29.8 Å². The molecule has 0 N–H and O–H groups in total. The summed E-state index contributed by atoms with van der Waals surface area (Å²) >= 11 is 3.36. The van der Waals surface area contributed by atoms with Crippen molar-refractivity contribution in [3.05, 3.63) is 28.2 Å². The Hall–Kier alpha value is -0.830. The molecule has 0 saturated heterocycles. The van der Waals surface area contributed by atoms with Gasteiger partial charge in [-0.15, -0.1) is 0 Å². The van der Waals surface area contributed by atoms with Gasteiger partial charge in [0.05, 0.1) is 12.7 Å². The van der Waals surface area contributed by atoms with Crippen molar-refractivity contribution in [2.24, 2.45) is 5.92 Å². The highest BCUT2D eigenvalue weighted by Crippen LogP contribution is 2.25. The largest absolute Gasteiger partial charge is 0.496 e. The van der Waals surface area contributed by atoms with E-state index in [0.717, 1.165) is 10.9 Å². The minimum Gasteiger partial charge on any atom is -0.496 e. The fourth-order valence-electron chi connectivity index (χ4n) is 1.45. The maximum absolute atomic E-state index is 11.9. The fourth-order valence-corrected chi connectivity index (χ4v) is 1.79. The van der Waals surface area contributed by atoms with E-state index in [-0.39, 0.29) is 5.78 Å². The van der Waals surface area contributed by atoms with Gasteiger partial charge in [0, 0.05) is 10.9 Å². The Morgan fingerprint density at radius 3 is 2.69 bits per heavy atom. The number of halogens is 1. The molecule has 0 radical (unpaired) electrons. The number of carbonyl (C=O) groups is 1. The molecule has 1 rings (SSSR count). The first-order valence-corrected chi connectivity index (χ1v) is 6.20. The first kappa shape index (κ1) is 13.2. The number of rotatable bonds is 5. The van der Waals surface area contributed by atoms with Crippen molar-refractivity contribution < 1.29 is 9.53 Å². The zero-order chi connectivity index (χ0) is 12.1. The topological polar surface area (TPSA) is 26.3 Å². The van der Waals surface area contributed by atoms with Crippen molar-refractivity contribution >= 4 is 21.7 Å². The molecule has 0 aromatic heterocycles. The molecule has 0 bridgehead atoms. The van der Waals surface area contributed by atoms with Crippen LogP contribution in [0.25, 0.3) is 0 Å². The van der Waals surface area contributed by atoms with Gasteiger partial charge in [-0.2, -0.15) is 0 Å². The third-order valence-corrected chi connectivity index (χ3v) is 2.91. The average molecular weight is 285 g/mol. The van der Waals surface area contributed by atoms with Crippen molar-refractivity contribution in [2.45, 2.75) is 26.7 Å². The van der Waals surface area contributed by atoms with Crippen LogP contribution in [0.1, 0.15) is 37.0 Å². The second-order valence-electron chi connectivity index (χ2n) is 4.20. The minimum absolute atomic E-state index is 0.151. The predicted octanol–water partition coefficient (Wildman–Crippen LogP) is 4.08. The molecular weight excluding hydrogens is 268 g/mol. The van der Waals surface area contributed by atoms with E-state index in [9.17, 15) is 4.79 Å². The van der Waals surface area contributed by atoms with Gasteiger partial charge in [-0.3, -0.25) is 4.79 Å². The summed E-state index contributed by atoms with van der Waals surface area (Å²) in [6.45, 7) is 4.23. The molecule has 0 amide bonds. The van der Waals surface area contributed by atoms with Crippen molar-refractivity contribution in [3.8, 4) is 5.75 Å². The van der Waals surface area contributed by atoms with Gasteiger partial charge in [-0.05, 0) is 30.5 Å². The van der Waals surface area contributed by atoms with E-state index < -0.39 is 0 Å². The molecule has 0 aliphatic rings. The summed E-state index contributed by atoms with van der Waals surface area (Å²) in [6, 6.07) is 5.50. The van der Waals surface area contributed by atoms with E-state index in [4.69, 9.17) is 4.74 Å². The molecule has 0 saturated carbocycles. The molecule has 0 unspecified atom stereocenters. The van der Waals surface area contributed by atoms with E-state index in [1.165, 1.54) is 0 Å². The molecule has 0 heterocycles. The lowest BCUT2D eigenvalue weighted by atomic mass is 10.0. The van der Waals surface area contributed by atoms with Gasteiger partial charge in [0.2, 0.25) is 0 Å². The van der Waals surface area contributed by atoms with Crippen LogP contribution >= 0.6 is 15.9 Å². The van der Waals surface area contributed by atoms with Crippen LogP contribution in [0.3, 0.4) is 0 Å². The Labute approximate surface area is 105 Å². The summed E-state index contributed by atoms with van der Waals surface area (Å²) in [5.41, 5.74) is 0.673. The number of benzene rings is 1. The van der Waals surface area contributed by atoms with Gasteiger partial charge < -0.3 is 4.74 Å². The molecule has 3 heteroatoms. The molecular formula is C13H17BrO2. The number of Topliss-reactive ketones (excluding diaryl/α,β-unsaturated/α-hetero) is 1. The predicted molar refractivity (Wildman–Crippen MR) is 69.1 cm³/mol. The van der Waals surface area contributed by atoms with Crippen LogP contribution in [-0.2, 0) is 0 Å². The third kappa shape index (κ3) is 3.63. The number of ketones is 1. The number of hydrogen-bond donors (Lipinski definition) is 0. The molecule has 0 aliphatic carbocycles. The lowest BCUT2D eigenvalue weighted by Gasteiger charge is -2.09. The molecule has 0 aliphatic heterocycles. The zero-order valence-electron chi connectivity index (χ0n) is 9.92. The van der Waals surface area contributed by atoms with Crippen molar-refractivity contribution in [1.82, 2.24) is 0 Å². The molecule has 88 valence electrons. The summed E-state index contributed by atoms with van der Waals surface area (Å²) in [7, 11) is 1.58. The van der Waals surface area contributed by atoms with E-state index in [1.807, 2.05) is 18.2 Å². The molecule has 0 fully saturated rings. The highest BCUT2D eigenvalue weighted by atomic mass is 79.9. The van der Waals surface area contributed by atoms with Crippen LogP contribution in [0.15, 0.2) is 22.7 Å². The lowest BCUT2D eigenvalue weighted by molar-refractivity contribution is 0.0972. The second kappa shape index (κ2) is 6.04. The van der Waals surface area contributed by atoms with Crippen molar-refractivity contribution in [2.75, 3.05) is 7.11 Å². The number of hydrogen-bond acceptors (Lipinski definition) is 2. The highest BCUT2D eigenvalue weighted by Gasteiger charge is 2.12. The van der Waals surface area contributed by atoms with Gasteiger partial charge in [-0.1, -0.05) is 29.8 Å². The lowest BCUT2D eigenvalue weighted by Crippen LogP contribution is -2.03. The summed E-state index contributed by atoms with van der Waals surface area (Å²) in [4.78, 5) is 11.9. The SMILES string of the molecule is COc1cc(Br)ccc1C(=O)CCC(C)C. The Morgan fingerprint density at radius 2 is 2.12 bits per heavy atom. The average Bonchev–Trinajstić information content (AvgIpc) is 2.25. The first-order chi connectivity index (χ1) is 7.54. The monoisotopic (exact) mass is 284 g/mol. The highest BCUT2D eigenvalue weighted by molar-refractivity contribution is 9.10. The smallest absolute Gasteiger partial charge is 0.166 e. The molecule has 2 nitrogen and oxygen atoms in total. The van der Waals surface area contributed by atoms with Crippen LogP contribution in [0, 0.1) is 5.92 Å². The van der Waals surface area contributed by atoms with Crippen molar-refractivity contribution in [3.63, 3.8) is 0 Å². The van der Waals surface area contributed by atoms with Gasteiger partial charge in [0.1, 0.15) is 5.75 Å². The molecule has 1 aromatic carbocycles. The number of carbonyl (C=O) groups excluding carboxylic acids is 1. The van der Waals surface area contributed by atoms with Crippen LogP contribution < -0.4 is 4.74 Å². The summed E-state index contributed by atoms with van der Waals surface area (Å²) in [5.74, 6) is 1.34. The van der Waals surface area contributed by atoms with Crippen LogP contribution in [-0.4, -0.2) is 12.9 Å². The zero-order valence-corrected chi connectivity index (χ0v) is 11.5. The van der Waals surface area contributed by atoms with Gasteiger partial charge in [0.25, 0.3) is 0 Å². The number of ether oxygens (including phenoxy) is 1. The van der Waals surface area contributed by atoms with Crippen LogP contribution in [0.2, 0.25) is 0 Å². The Bertz CT molecular complexity index is 372. The summed E-state index contributed by atoms with van der Waals surface area (Å²) < 4.78 is 6.12. The Kier molecular flexibility index (Phi) is 5.00. The van der Waals surface area contributed by atoms with E-state index in [1.54, 1.807) is 7.11 Å². The van der Waals surface area contributed by atoms with Crippen molar-refractivity contribution in [1.29, 1.82) is 0 Å². The van der Waals surface area contributed by atoms with E-state index >= 15 is 0 Å². The van der Waals surface area contributed by atoms with Gasteiger partial charge in [-0.25, -0.2) is 0 Å². The third-order valence-electron chi connectivity index (χ3n) is 2.41. The molecule has 0 atom stereocenters. The molecule has 0 spiro atoms. The summed E-state index contributed by atoms with van der Waals surface area (Å²) in [5, 5.41) is 0. The van der Waals surface area contributed by atoms with Gasteiger partial charge in [0.15, 0.2) is 5.78 Å². The van der Waals surface area contributed by atoms with Crippen LogP contribution in [0.4, 0.5) is 0 Å². The quantitative estimate of drug-likeness (QED) is 0.762. The molecule has 16 heavy (non-hydrogen) atoms. The molecule has 1 aromatic rings. The van der Waals surface area contributed by atoms with Gasteiger partial charge >= 0.3 is 0 Å². The second-order valence-corrected chi connectivity index (χ2v) is 5.12. The fraction of sp³-hybridized carbons (Fsp3) is 0.462. The maximum atomic E-state index is 11.9. The normalized spacial score (nSPS) is 10.6. The Balaban J connectivity index is 2.82. The maximum Gasteiger partial charge on any atom is 0.166 e. The summed E-state index contributed by atoms with van der Waals surface area (Å²) in [6.07, 6.45) is 1.49. The van der Waals surface area contributed by atoms with E-state index in [0.29, 0.717) is 23.7 Å². The first-order valence-electron chi connectivity index (χ1n) is 5.41. The standard InChI is InChI=1S/C13H17BrO2/c1-9(2)4-7-12(15)11-6-5-10(14)8-13(11)16-3/h5-6,8-9H,4,7H2,1-3H3. The Morgan fingerprint density at radius 1 is 1.44 bits per heavy atom. The minimum atomic E-state index is 0.151. The van der Waals surface area contributed by atoms with Crippen LogP contribution in [0.5, 0.6) is 5.75 Å².